The molecule has 2 saturated carbocycles. The van der Waals surface area contributed by atoms with Crippen molar-refractivity contribution in [2.45, 2.75) is 51.2 Å². The SMILES string of the molecule is [C-]#[N+][C@@]1(c2ccc3cnn(-c4cc(N5C[C@@H](C)C(C)(O)[C@@H](C)C5)ncn4)c3c2)CC12CC2. The first-order valence-corrected chi connectivity index (χ1v) is 11.5. The van der Waals surface area contributed by atoms with Crippen molar-refractivity contribution in [3.05, 3.63) is 53.8 Å². The highest BCUT2D eigenvalue weighted by Gasteiger charge is 2.82. The average Bonchev–Trinajstić information content (AvgIpc) is 3.66. The summed E-state index contributed by atoms with van der Waals surface area (Å²) in [6.45, 7) is 15.4. The van der Waals surface area contributed by atoms with Crippen LogP contribution in [0.4, 0.5) is 5.82 Å². The molecular weight excluding hydrogens is 400 g/mol. The fraction of sp³-hybridized carbons (Fsp3) is 0.520. The Morgan fingerprint density at radius 2 is 1.81 bits per heavy atom. The van der Waals surface area contributed by atoms with Gasteiger partial charge in [-0.15, -0.1) is 0 Å². The molecule has 7 nitrogen and oxygen atoms in total. The van der Waals surface area contributed by atoms with E-state index in [9.17, 15) is 5.11 Å². The average molecular weight is 429 g/mol. The highest BCUT2D eigenvalue weighted by atomic mass is 16.3. The molecule has 6 rings (SSSR count). The Bertz CT molecular complexity index is 1250. The van der Waals surface area contributed by atoms with Gasteiger partial charge in [-0.3, -0.25) is 0 Å². The van der Waals surface area contributed by atoms with Gasteiger partial charge in [0.2, 0.25) is 0 Å². The molecule has 1 N–H and O–H groups in total. The van der Waals surface area contributed by atoms with Crippen LogP contribution in [0.2, 0.25) is 0 Å². The molecule has 3 fully saturated rings. The molecule has 1 saturated heterocycles. The molecule has 0 radical (unpaired) electrons. The number of benzene rings is 1. The van der Waals surface area contributed by atoms with Gasteiger partial charge in [0.1, 0.15) is 12.1 Å². The van der Waals surface area contributed by atoms with E-state index in [4.69, 9.17) is 6.57 Å². The quantitative estimate of drug-likeness (QED) is 0.640. The zero-order chi connectivity index (χ0) is 22.3. The Kier molecular flexibility index (Phi) is 3.87. The minimum Gasteiger partial charge on any atom is -0.389 e. The zero-order valence-electron chi connectivity index (χ0n) is 18.8. The number of aliphatic hydroxyl groups is 1. The molecular formula is C25H28N6O. The van der Waals surface area contributed by atoms with Gasteiger partial charge in [0.15, 0.2) is 5.82 Å². The van der Waals surface area contributed by atoms with E-state index in [-0.39, 0.29) is 22.8 Å². The summed E-state index contributed by atoms with van der Waals surface area (Å²) in [4.78, 5) is 15.4. The molecule has 32 heavy (non-hydrogen) atoms. The molecule has 3 heterocycles. The Labute approximate surface area is 187 Å². The van der Waals surface area contributed by atoms with Crippen molar-refractivity contribution in [3.8, 4) is 5.82 Å². The lowest BCUT2D eigenvalue weighted by Gasteiger charge is -2.46. The minimum atomic E-state index is -0.679. The molecule has 7 heteroatoms. The zero-order valence-corrected chi connectivity index (χ0v) is 18.8. The molecule has 2 aliphatic carbocycles. The first-order chi connectivity index (χ1) is 15.3. The second-order valence-corrected chi connectivity index (χ2v) is 10.4. The molecule has 4 atom stereocenters. The third-order valence-electron chi connectivity index (χ3n) is 8.60. The number of anilines is 1. The highest BCUT2D eigenvalue weighted by Crippen LogP contribution is 2.79. The number of hydrogen-bond acceptors (Lipinski definition) is 5. The smallest absolute Gasteiger partial charge is 0.264 e. The van der Waals surface area contributed by atoms with E-state index in [2.05, 4.69) is 56.9 Å². The third kappa shape index (κ3) is 2.59. The lowest BCUT2D eigenvalue weighted by Crippen LogP contribution is -2.55. The van der Waals surface area contributed by atoms with Crippen molar-refractivity contribution in [1.82, 2.24) is 19.7 Å². The number of fused-ring (bicyclic) bond motifs is 1. The van der Waals surface area contributed by atoms with Gasteiger partial charge >= 0.3 is 0 Å². The fourth-order valence-corrected chi connectivity index (χ4v) is 5.68. The highest BCUT2D eigenvalue weighted by molar-refractivity contribution is 5.81. The van der Waals surface area contributed by atoms with Crippen molar-refractivity contribution >= 4 is 16.7 Å². The molecule has 1 aromatic carbocycles. The molecule has 0 bridgehead atoms. The molecule has 1 spiro atoms. The largest absolute Gasteiger partial charge is 0.389 e. The van der Waals surface area contributed by atoms with E-state index < -0.39 is 5.60 Å². The topological polar surface area (TPSA) is 71.4 Å². The van der Waals surface area contributed by atoms with E-state index in [0.717, 1.165) is 41.8 Å². The Morgan fingerprint density at radius 3 is 2.47 bits per heavy atom. The molecule has 3 aromatic rings. The van der Waals surface area contributed by atoms with E-state index in [1.807, 2.05) is 23.9 Å². The predicted octanol–water partition coefficient (Wildman–Crippen LogP) is 3.96. The lowest BCUT2D eigenvalue weighted by molar-refractivity contribution is -0.0504. The predicted molar refractivity (Wildman–Crippen MR) is 122 cm³/mol. The number of piperidine rings is 1. The van der Waals surface area contributed by atoms with Gasteiger partial charge in [-0.05, 0) is 25.8 Å². The first-order valence-electron chi connectivity index (χ1n) is 11.5. The van der Waals surface area contributed by atoms with Crippen LogP contribution in [0.5, 0.6) is 0 Å². The Hall–Kier alpha value is -2.98. The monoisotopic (exact) mass is 428 g/mol. The van der Waals surface area contributed by atoms with E-state index in [1.54, 1.807) is 6.33 Å². The summed E-state index contributed by atoms with van der Waals surface area (Å²) in [7, 11) is 0. The number of aromatic nitrogens is 4. The summed E-state index contributed by atoms with van der Waals surface area (Å²) in [6.07, 6.45) is 6.76. The van der Waals surface area contributed by atoms with Gasteiger partial charge in [-0.2, -0.15) is 5.10 Å². The summed E-state index contributed by atoms with van der Waals surface area (Å²) < 4.78 is 1.86. The number of rotatable bonds is 3. The van der Waals surface area contributed by atoms with E-state index >= 15 is 0 Å². The Morgan fingerprint density at radius 1 is 1.09 bits per heavy atom. The number of hydrogen-bond donors (Lipinski definition) is 1. The maximum absolute atomic E-state index is 10.8. The molecule has 1 aliphatic heterocycles. The minimum absolute atomic E-state index is 0.135. The summed E-state index contributed by atoms with van der Waals surface area (Å²) in [5.41, 5.74) is 1.29. The second kappa shape index (κ2) is 6.29. The molecule has 2 aromatic heterocycles. The maximum atomic E-state index is 10.8. The summed E-state index contributed by atoms with van der Waals surface area (Å²) in [6, 6.07) is 8.29. The summed E-state index contributed by atoms with van der Waals surface area (Å²) in [5.74, 6) is 1.83. The molecule has 1 unspecified atom stereocenters. The standard InChI is InChI=1S/C25H28N6O/c1-16-12-30(13-17(2)23(16,3)32)21-10-22(28-15-27-21)31-20-9-19(6-5-18(20)11-29-31)25(26-4)14-24(25)7-8-24/h5-6,9-11,15-17,32H,7-8,12-14H2,1-3H3/t16-,17+,23?,25-/m1/s1. The van der Waals surface area contributed by atoms with Crippen molar-refractivity contribution in [2.75, 3.05) is 18.0 Å². The van der Waals surface area contributed by atoms with Crippen molar-refractivity contribution < 1.29 is 5.11 Å². The van der Waals surface area contributed by atoms with Crippen LogP contribution in [0, 0.1) is 23.8 Å². The van der Waals surface area contributed by atoms with Crippen molar-refractivity contribution in [3.63, 3.8) is 0 Å². The van der Waals surface area contributed by atoms with Gasteiger partial charge < -0.3 is 14.9 Å². The van der Waals surface area contributed by atoms with Crippen LogP contribution in [-0.2, 0) is 5.54 Å². The molecule has 3 aliphatic rings. The van der Waals surface area contributed by atoms with Crippen LogP contribution in [0.25, 0.3) is 21.6 Å². The van der Waals surface area contributed by atoms with Gasteiger partial charge in [0.05, 0.1) is 22.7 Å². The van der Waals surface area contributed by atoms with Crippen LogP contribution >= 0.6 is 0 Å². The normalized spacial score (nSPS) is 32.8. The molecule has 164 valence electrons. The van der Waals surface area contributed by atoms with Gasteiger partial charge in [0, 0.05) is 48.4 Å². The summed E-state index contributed by atoms with van der Waals surface area (Å²) in [5, 5.41) is 16.4. The van der Waals surface area contributed by atoms with Crippen LogP contribution in [0.3, 0.4) is 0 Å². The Balaban J connectivity index is 1.37. The second-order valence-electron chi connectivity index (χ2n) is 10.4. The first kappa shape index (κ1) is 19.7. The fourth-order valence-electron chi connectivity index (χ4n) is 5.68. The van der Waals surface area contributed by atoms with Crippen LogP contribution in [0.15, 0.2) is 36.8 Å². The lowest BCUT2D eigenvalue weighted by atomic mass is 9.76. The maximum Gasteiger partial charge on any atom is 0.264 e. The van der Waals surface area contributed by atoms with Crippen molar-refractivity contribution in [2.24, 2.45) is 17.3 Å². The van der Waals surface area contributed by atoms with Crippen LogP contribution in [-0.4, -0.2) is 43.5 Å². The van der Waals surface area contributed by atoms with Crippen molar-refractivity contribution in [1.29, 1.82) is 0 Å². The summed E-state index contributed by atoms with van der Waals surface area (Å²) >= 11 is 0. The van der Waals surface area contributed by atoms with Crippen LogP contribution in [0.1, 0.15) is 45.6 Å². The van der Waals surface area contributed by atoms with Crippen LogP contribution < -0.4 is 4.90 Å². The van der Waals surface area contributed by atoms with E-state index in [1.165, 1.54) is 12.8 Å². The number of nitrogens with zero attached hydrogens (tertiary/aromatic N) is 6. The van der Waals surface area contributed by atoms with Gasteiger partial charge in [-0.1, -0.05) is 26.0 Å². The van der Waals surface area contributed by atoms with Gasteiger partial charge in [0.25, 0.3) is 5.54 Å². The molecule has 0 amide bonds. The van der Waals surface area contributed by atoms with Gasteiger partial charge in [-0.25, -0.2) is 21.2 Å². The third-order valence-corrected chi connectivity index (χ3v) is 8.60. The van der Waals surface area contributed by atoms with E-state index in [0.29, 0.717) is 5.82 Å².